The van der Waals surface area contributed by atoms with Crippen LogP contribution in [0.3, 0.4) is 0 Å². The maximum absolute atomic E-state index is 13.2. The van der Waals surface area contributed by atoms with Crippen LogP contribution in [0.1, 0.15) is 54.4 Å². The van der Waals surface area contributed by atoms with Crippen LogP contribution >= 0.6 is 11.6 Å². The number of rotatable bonds is 12. The van der Waals surface area contributed by atoms with E-state index in [2.05, 4.69) is 20.6 Å². The van der Waals surface area contributed by atoms with Gasteiger partial charge < -0.3 is 25.0 Å². The van der Waals surface area contributed by atoms with Crippen LogP contribution in [0.2, 0.25) is 5.02 Å². The smallest absolute Gasteiger partial charge is 0.410 e. The average Bonchev–Trinajstić information content (AvgIpc) is 3.04. The van der Waals surface area contributed by atoms with Gasteiger partial charge in [-0.25, -0.2) is 4.79 Å². The Bertz CT molecular complexity index is 1710. The second kappa shape index (κ2) is 15.8. The fourth-order valence-corrected chi connectivity index (χ4v) is 5.21. The first kappa shape index (κ1) is 35.3. The molecule has 47 heavy (non-hydrogen) atoms. The largest absolute Gasteiger partial charge is 0.496 e. The van der Waals surface area contributed by atoms with E-state index >= 15 is 0 Å². The summed E-state index contributed by atoms with van der Waals surface area (Å²) in [5.41, 5.74) is 5.76. The lowest BCUT2D eigenvalue weighted by molar-refractivity contribution is 0.0285. The van der Waals surface area contributed by atoms with E-state index in [1.54, 1.807) is 38.7 Å². The number of nitrogens with one attached hydrogen (secondary N) is 2. The molecule has 0 saturated heterocycles. The third-order valence-corrected chi connectivity index (χ3v) is 7.69. The Morgan fingerprint density at radius 3 is 2.51 bits per heavy atom. The highest BCUT2D eigenvalue weighted by molar-refractivity contribution is 6.35. The summed E-state index contributed by atoms with van der Waals surface area (Å²) in [7, 11) is 3.25. The molecule has 0 bridgehead atoms. The summed E-state index contributed by atoms with van der Waals surface area (Å²) in [5, 5.41) is 6.65. The lowest BCUT2D eigenvalue weighted by Crippen LogP contribution is -2.33. The molecular weight excluding hydrogens is 621 g/mol. The molecule has 9 nitrogen and oxygen atoms in total. The van der Waals surface area contributed by atoms with Crippen molar-refractivity contribution in [1.82, 2.24) is 20.2 Å². The molecule has 4 aromatic rings. The number of amides is 2. The van der Waals surface area contributed by atoms with E-state index in [9.17, 15) is 14.0 Å². The van der Waals surface area contributed by atoms with Gasteiger partial charge >= 0.3 is 6.09 Å². The van der Waals surface area contributed by atoms with Crippen molar-refractivity contribution in [2.45, 2.75) is 52.8 Å². The van der Waals surface area contributed by atoms with E-state index in [-0.39, 0.29) is 24.8 Å². The van der Waals surface area contributed by atoms with Gasteiger partial charge in [-0.1, -0.05) is 41.9 Å². The first-order valence-electron chi connectivity index (χ1n) is 15.3. The summed E-state index contributed by atoms with van der Waals surface area (Å²) in [4.78, 5) is 35.8. The monoisotopic (exact) mass is 661 g/mol. The number of alkyl halides is 1. The minimum absolute atomic E-state index is 0.234. The predicted octanol–water partition coefficient (Wildman–Crippen LogP) is 7.85. The number of hydrogen-bond acceptors (Lipinski definition) is 7. The van der Waals surface area contributed by atoms with Crippen molar-refractivity contribution >= 4 is 29.3 Å². The Labute approximate surface area is 280 Å². The number of methoxy groups -OCH3 is 1. The second-order valence-electron chi connectivity index (χ2n) is 12.1. The number of anilines is 1. The van der Waals surface area contributed by atoms with E-state index in [1.807, 2.05) is 70.2 Å². The molecule has 2 amide bonds. The van der Waals surface area contributed by atoms with Crippen molar-refractivity contribution in [2.75, 3.05) is 32.7 Å². The molecule has 4 rings (SSSR count). The zero-order valence-corrected chi connectivity index (χ0v) is 28.4. The van der Waals surface area contributed by atoms with E-state index in [1.165, 1.54) is 4.90 Å². The Hall–Kier alpha value is -4.54. The molecule has 0 fully saturated rings. The van der Waals surface area contributed by atoms with Crippen LogP contribution in [0.25, 0.3) is 22.4 Å². The molecule has 0 spiro atoms. The maximum atomic E-state index is 13.2. The molecule has 0 atom stereocenters. The number of hydrogen-bond donors (Lipinski definition) is 2. The number of aromatic nitrogens is 2. The maximum Gasteiger partial charge on any atom is 0.410 e. The SMILES string of the molecule is COc1cc(-c2nccc(-c3cccc(NC(=O)c4ccc(CN(C)C(=O)OC(C)(C)C)cn4)c3C)c2Cl)ccc1CNCCCF. The summed E-state index contributed by atoms with van der Waals surface area (Å²) in [6, 6.07) is 16.6. The van der Waals surface area contributed by atoms with Crippen LogP contribution in [0.15, 0.2) is 67.0 Å². The van der Waals surface area contributed by atoms with E-state index in [0.717, 1.165) is 33.4 Å². The van der Waals surface area contributed by atoms with E-state index in [4.69, 9.17) is 21.1 Å². The highest BCUT2D eigenvalue weighted by Gasteiger charge is 2.21. The van der Waals surface area contributed by atoms with Crippen LogP contribution in [0.4, 0.5) is 14.9 Å². The van der Waals surface area contributed by atoms with Gasteiger partial charge in [0.15, 0.2) is 0 Å². The number of halogens is 2. The first-order valence-corrected chi connectivity index (χ1v) is 15.7. The minimum atomic E-state index is -0.594. The highest BCUT2D eigenvalue weighted by Crippen LogP contribution is 2.39. The quantitative estimate of drug-likeness (QED) is 0.149. The Balaban J connectivity index is 1.51. The van der Waals surface area contributed by atoms with Gasteiger partial charge in [-0.15, -0.1) is 0 Å². The normalized spacial score (nSPS) is 11.2. The third kappa shape index (κ3) is 9.27. The van der Waals surface area contributed by atoms with Crippen LogP contribution in [-0.2, 0) is 17.8 Å². The molecule has 0 unspecified atom stereocenters. The molecule has 0 aliphatic rings. The fourth-order valence-electron chi connectivity index (χ4n) is 4.89. The summed E-state index contributed by atoms with van der Waals surface area (Å²) in [5.74, 6) is 0.307. The molecule has 2 heterocycles. The number of carbonyl (C=O) groups excluding carboxylic acids is 2. The molecule has 2 aromatic heterocycles. The van der Waals surface area contributed by atoms with Crippen molar-refractivity contribution in [3.63, 3.8) is 0 Å². The zero-order chi connectivity index (χ0) is 34.1. The molecule has 248 valence electrons. The number of ether oxygens (including phenoxy) is 2. The van der Waals surface area contributed by atoms with Gasteiger partial charge in [-0.2, -0.15) is 0 Å². The number of carbonyl (C=O) groups is 2. The number of pyridine rings is 2. The van der Waals surface area contributed by atoms with Crippen LogP contribution in [0.5, 0.6) is 5.75 Å². The first-order chi connectivity index (χ1) is 22.4. The summed E-state index contributed by atoms with van der Waals surface area (Å²) < 4.78 is 23.5. The standard InChI is InChI=1S/C36H41ClFN5O4/c1-23-27(28-15-18-40-33(32(28)37)25-12-13-26(31(19-25)46-6)21-39-17-8-16-38)9-7-10-29(23)42-34(44)30-14-11-24(20-41-30)22-43(5)35(45)47-36(2,3)4/h7,9-15,18-20,39H,8,16-17,21-22H2,1-6H3,(H,42,44). The van der Waals surface area contributed by atoms with Gasteiger partial charge in [-0.3, -0.25) is 19.2 Å². The van der Waals surface area contributed by atoms with Crippen molar-refractivity contribution < 1.29 is 23.5 Å². The van der Waals surface area contributed by atoms with Gasteiger partial charge in [0.25, 0.3) is 5.91 Å². The van der Waals surface area contributed by atoms with Gasteiger partial charge in [0, 0.05) is 48.4 Å². The van der Waals surface area contributed by atoms with Crippen LogP contribution in [0, 0.1) is 6.92 Å². The van der Waals surface area contributed by atoms with Gasteiger partial charge in [-0.05, 0) is 81.6 Å². The van der Waals surface area contributed by atoms with Gasteiger partial charge in [0.1, 0.15) is 17.0 Å². The lowest BCUT2D eigenvalue weighted by Gasteiger charge is -2.24. The fraction of sp³-hybridized carbons (Fsp3) is 0.333. The molecule has 0 aliphatic carbocycles. The topological polar surface area (TPSA) is 106 Å². The predicted molar refractivity (Wildman–Crippen MR) is 184 cm³/mol. The minimum Gasteiger partial charge on any atom is -0.496 e. The molecule has 0 saturated carbocycles. The van der Waals surface area contributed by atoms with E-state index in [0.29, 0.717) is 41.7 Å². The molecular formula is C36H41ClFN5O4. The number of nitrogens with zero attached hydrogens (tertiary/aromatic N) is 3. The van der Waals surface area contributed by atoms with Crippen LogP contribution in [-0.4, -0.2) is 59.8 Å². The average molecular weight is 662 g/mol. The Kier molecular flexibility index (Phi) is 11.9. The van der Waals surface area contributed by atoms with Crippen molar-refractivity contribution in [3.05, 3.63) is 94.4 Å². The lowest BCUT2D eigenvalue weighted by atomic mass is 9.97. The van der Waals surface area contributed by atoms with Crippen molar-refractivity contribution in [2.24, 2.45) is 0 Å². The highest BCUT2D eigenvalue weighted by atomic mass is 35.5. The molecule has 0 aliphatic heterocycles. The Morgan fingerprint density at radius 2 is 1.83 bits per heavy atom. The van der Waals surface area contributed by atoms with Crippen molar-refractivity contribution in [3.8, 4) is 28.1 Å². The molecule has 2 N–H and O–H groups in total. The molecule has 11 heteroatoms. The molecule has 2 aromatic carbocycles. The van der Waals surface area contributed by atoms with Crippen LogP contribution < -0.4 is 15.4 Å². The zero-order valence-electron chi connectivity index (χ0n) is 27.6. The third-order valence-electron chi connectivity index (χ3n) is 7.31. The Morgan fingerprint density at radius 1 is 1.04 bits per heavy atom. The number of benzene rings is 2. The van der Waals surface area contributed by atoms with Gasteiger partial charge in [0.05, 0.1) is 31.0 Å². The second-order valence-corrected chi connectivity index (χ2v) is 12.5. The van der Waals surface area contributed by atoms with Gasteiger partial charge in [0.2, 0.25) is 0 Å². The summed E-state index contributed by atoms with van der Waals surface area (Å²) >= 11 is 6.98. The van der Waals surface area contributed by atoms with E-state index < -0.39 is 11.7 Å². The summed E-state index contributed by atoms with van der Waals surface area (Å²) in [6.07, 6.45) is 3.29. The molecule has 0 radical (unpaired) electrons. The summed E-state index contributed by atoms with van der Waals surface area (Å²) in [6.45, 7) is 8.40. The van der Waals surface area contributed by atoms with Crippen molar-refractivity contribution in [1.29, 1.82) is 0 Å².